The summed E-state index contributed by atoms with van der Waals surface area (Å²) in [6, 6.07) is 8.95. The molecule has 0 spiro atoms. The minimum atomic E-state index is -0.853. The van der Waals surface area contributed by atoms with E-state index in [9.17, 15) is 9.59 Å². The van der Waals surface area contributed by atoms with E-state index in [0.717, 1.165) is 31.2 Å². The van der Waals surface area contributed by atoms with Gasteiger partial charge in [0.2, 0.25) is 0 Å². The number of hydrogen-bond donors (Lipinski definition) is 4. The molecule has 0 bridgehead atoms. The van der Waals surface area contributed by atoms with Gasteiger partial charge in [0.05, 0.1) is 0 Å². The van der Waals surface area contributed by atoms with Gasteiger partial charge in [-0.3, -0.25) is 9.59 Å². The number of nitrogens with one attached hydrogen (secondary N) is 2. The molecule has 2 aromatic heterocycles. The van der Waals surface area contributed by atoms with Gasteiger partial charge in [-0.1, -0.05) is 25.0 Å². The number of hydrogen-bond acceptors (Lipinski definition) is 7. The molecule has 3 aromatic rings. The first-order chi connectivity index (χ1) is 14.5. The zero-order valence-electron chi connectivity index (χ0n) is 16.3. The van der Waals surface area contributed by atoms with Crippen LogP contribution in [0.3, 0.4) is 0 Å². The molecule has 2 unspecified atom stereocenters. The van der Waals surface area contributed by atoms with Crippen LogP contribution in [0, 0.1) is 0 Å². The Morgan fingerprint density at radius 1 is 1.13 bits per heavy atom. The number of primary amides is 1. The monoisotopic (exact) mass is 405 g/mol. The molecule has 1 aliphatic rings. The number of nitrogens with two attached hydrogens (primary N) is 2. The minimum Gasteiger partial charge on any atom is -0.365 e. The van der Waals surface area contributed by atoms with Crippen LogP contribution in [0.25, 0.3) is 11.4 Å². The van der Waals surface area contributed by atoms with Gasteiger partial charge in [-0.15, -0.1) is 0 Å². The lowest BCUT2D eigenvalue weighted by Gasteiger charge is -2.28. The first-order valence-corrected chi connectivity index (χ1v) is 9.87. The number of rotatable bonds is 5. The van der Waals surface area contributed by atoms with Crippen LogP contribution in [0.4, 0.5) is 11.5 Å². The number of amides is 1. The van der Waals surface area contributed by atoms with Gasteiger partial charge in [-0.05, 0) is 31.0 Å². The highest BCUT2D eigenvalue weighted by atomic mass is 16.2. The number of carbonyl (C=O) groups excluding carboxylic acids is 1. The summed E-state index contributed by atoms with van der Waals surface area (Å²) in [5, 5.41) is 3.07. The molecule has 9 nitrogen and oxygen atoms in total. The summed E-state index contributed by atoms with van der Waals surface area (Å²) in [6.07, 6.45) is 7.09. The van der Waals surface area contributed by atoms with Gasteiger partial charge in [0.15, 0.2) is 11.6 Å². The molecule has 1 saturated carbocycles. The second-order valence-corrected chi connectivity index (χ2v) is 7.37. The third kappa shape index (κ3) is 4.06. The lowest BCUT2D eigenvalue weighted by Crippen LogP contribution is -2.35. The van der Waals surface area contributed by atoms with Crippen molar-refractivity contribution in [1.29, 1.82) is 0 Å². The summed E-state index contributed by atoms with van der Waals surface area (Å²) >= 11 is 0. The highest BCUT2D eigenvalue weighted by Gasteiger charge is 2.27. The Hall–Kier alpha value is -3.59. The highest BCUT2D eigenvalue weighted by molar-refractivity contribution is 5.97. The maximum absolute atomic E-state index is 12.6. The van der Waals surface area contributed by atoms with E-state index in [4.69, 9.17) is 11.5 Å². The van der Waals surface area contributed by atoms with Crippen molar-refractivity contribution in [3.05, 3.63) is 64.5 Å². The van der Waals surface area contributed by atoms with Crippen molar-refractivity contribution in [2.45, 2.75) is 37.6 Å². The van der Waals surface area contributed by atoms with Crippen molar-refractivity contribution in [3.63, 3.8) is 0 Å². The molecular weight excluding hydrogens is 382 g/mol. The molecule has 154 valence electrons. The Bertz CT molecular complexity index is 1110. The molecule has 4 rings (SSSR count). The van der Waals surface area contributed by atoms with Crippen molar-refractivity contribution < 1.29 is 4.79 Å². The largest absolute Gasteiger partial charge is 0.365 e. The lowest BCUT2D eigenvalue weighted by molar-refractivity contribution is 0.0999. The van der Waals surface area contributed by atoms with Gasteiger partial charge in [-0.25, -0.2) is 15.0 Å². The standard InChI is InChI=1S/C21H23N7O2/c22-15-8-2-1-7-14(15)19-27-20(16(17(23)29)21(30)28-19)26-13-6-3-5-12(11-13)18-24-9-4-10-25-18/h3-6,9-11,14-15H,1-2,7-8,22H2,(H2,23,29)(H2,26,27,28,30). The first-order valence-electron chi connectivity index (χ1n) is 9.87. The van der Waals surface area contributed by atoms with Gasteiger partial charge in [0.1, 0.15) is 11.4 Å². The number of carbonyl (C=O) groups is 1. The predicted octanol–water partition coefficient (Wildman–Crippen LogP) is 2.05. The van der Waals surface area contributed by atoms with Gasteiger partial charge in [-0.2, -0.15) is 0 Å². The summed E-state index contributed by atoms with van der Waals surface area (Å²) in [6.45, 7) is 0. The zero-order chi connectivity index (χ0) is 21.1. The minimum absolute atomic E-state index is 0.0713. The van der Waals surface area contributed by atoms with E-state index < -0.39 is 11.5 Å². The Balaban J connectivity index is 1.73. The number of aromatic nitrogens is 4. The molecule has 1 amide bonds. The molecule has 0 aliphatic heterocycles. The van der Waals surface area contributed by atoms with Crippen LogP contribution in [-0.2, 0) is 0 Å². The Morgan fingerprint density at radius 2 is 1.90 bits per heavy atom. The van der Waals surface area contributed by atoms with E-state index >= 15 is 0 Å². The van der Waals surface area contributed by atoms with E-state index in [-0.39, 0.29) is 23.3 Å². The third-order valence-electron chi connectivity index (χ3n) is 5.30. The van der Waals surface area contributed by atoms with E-state index in [0.29, 0.717) is 17.3 Å². The molecule has 1 aliphatic carbocycles. The SMILES string of the molecule is NC(=O)c1c(Nc2cccc(-c3ncccn3)c2)nc(C2CCCCC2N)[nH]c1=O. The fourth-order valence-electron chi connectivity index (χ4n) is 3.81. The molecule has 6 N–H and O–H groups in total. The van der Waals surface area contributed by atoms with Gasteiger partial charge in [0, 0.05) is 35.6 Å². The smallest absolute Gasteiger partial charge is 0.265 e. The summed E-state index contributed by atoms with van der Waals surface area (Å²) in [4.78, 5) is 40.3. The number of nitrogens with zero attached hydrogens (tertiary/aromatic N) is 3. The van der Waals surface area contributed by atoms with Crippen LogP contribution >= 0.6 is 0 Å². The Kier molecular flexibility index (Phi) is 5.53. The molecule has 1 aromatic carbocycles. The fraction of sp³-hybridized carbons (Fsp3) is 0.286. The normalized spacial score (nSPS) is 18.7. The van der Waals surface area contributed by atoms with E-state index in [1.165, 1.54) is 0 Å². The molecule has 9 heteroatoms. The maximum Gasteiger partial charge on any atom is 0.265 e. The van der Waals surface area contributed by atoms with Crippen molar-refractivity contribution in [3.8, 4) is 11.4 Å². The Morgan fingerprint density at radius 3 is 2.63 bits per heavy atom. The number of benzene rings is 1. The molecular formula is C21H23N7O2. The summed E-state index contributed by atoms with van der Waals surface area (Å²) in [7, 11) is 0. The van der Waals surface area contributed by atoms with Gasteiger partial charge >= 0.3 is 0 Å². The second-order valence-electron chi connectivity index (χ2n) is 7.37. The van der Waals surface area contributed by atoms with E-state index in [2.05, 4.69) is 25.3 Å². The number of anilines is 2. The second kappa shape index (κ2) is 8.42. The topological polar surface area (TPSA) is 153 Å². The lowest BCUT2D eigenvalue weighted by atomic mass is 9.84. The summed E-state index contributed by atoms with van der Waals surface area (Å²) in [5.41, 5.74) is 12.3. The van der Waals surface area contributed by atoms with Crippen LogP contribution in [0.5, 0.6) is 0 Å². The van der Waals surface area contributed by atoms with E-state index in [1.54, 1.807) is 24.5 Å². The summed E-state index contributed by atoms with van der Waals surface area (Å²) in [5.74, 6) is 0.225. The average Bonchev–Trinajstić information content (AvgIpc) is 2.74. The third-order valence-corrected chi connectivity index (χ3v) is 5.30. The van der Waals surface area contributed by atoms with Gasteiger partial charge in [0.25, 0.3) is 11.5 Å². The van der Waals surface area contributed by atoms with Gasteiger partial charge < -0.3 is 21.8 Å². The maximum atomic E-state index is 12.6. The molecule has 2 atom stereocenters. The van der Waals surface area contributed by atoms with E-state index in [1.807, 2.05) is 18.2 Å². The van der Waals surface area contributed by atoms with Crippen molar-refractivity contribution in [1.82, 2.24) is 19.9 Å². The van der Waals surface area contributed by atoms with Crippen LogP contribution in [0.1, 0.15) is 47.8 Å². The first kappa shape index (κ1) is 19.7. The van der Waals surface area contributed by atoms with Crippen LogP contribution < -0.4 is 22.3 Å². The average molecular weight is 405 g/mol. The molecule has 2 heterocycles. The molecule has 0 radical (unpaired) electrons. The number of aromatic amines is 1. The molecule has 0 saturated heterocycles. The zero-order valence-corrected chi connectivity index (χ0v) is 16.3. The quantitative estimate of drug-likeness (QED) is 0.507. The summed E-state index contributed by atoms with van der Waals surface area (Å²) < 4.78 is 0. The molecule has 1 fully saturated rings. The molecule has 30 heavy (non-hydrogen) atoms. The fourth-order valence-corrected chi connectivity index (χ4v) is 3.81. The van der Waals surface area contributed by atoms with Crippen molar-refractivity contribution >= 4 is 17.4 Å². The van der Waals surface area contributed by atoms with Crippen LogP contribution in [0.2, 0.25) is 0 Å². The number of H-pyrrole nitrogens is 1. The highest BCUT2D eigenvalue weighted by Crippen LogP contribution is 2.31. The van der Waals surface area contributed by atoms with Crippen molar-refractivity contribution in [2.24, 2.45) is 11.5 Å². The predicted molar refractivity (Wildman–Crippen MR) is 113 cm³/mol. The Labute approximate surface area is 173 Å². The van der Waals surface area contributed by atoms with Crippen LogP contribution in [-0.4, -0.2) is 31.9 Å². The van der Waals surface area contributed by atoms with Crippen LogP contribution in [0.15, 0.2) is 47.5 Å². The van der Waals surface area contributed by atoms with Crippen molar-refractivity contribution in [2.75, 3.05) is 5.32 Å².